The molecule has 78 valence electrons. The Labute approximate surface area is 87.2 Å². The molecule has 1 heterocycles. The summed E-state index contributed by atoms with van der Waals surface area (Å²) >= 11 is 5.83. The summed E-state index contributed by atoms with van der Waals surface area (Å²) in [5.74, 6) is 0.236. The highest BCUT2D eigenvalue weighted by Crippen LogP contribution is 2.12. The fraction of sp³-hybridized carbons (Fsp3) is 0.500. The molecule has 0 saturated heterocycles. The quantitative estimate of drug-likeness (QED) is 0.346. The molecule has 0 bridgehead atoms. The van der Waals surface area contributed by atoms with Crippen molar-refractivity contribution in [2.75, 3.05) is 0 Å². The van der Waals surface area contributed by atoms with Crippen LogP contribution in [0.15, 0.2) is 11.4 Å². The highest BCUT2D eigenvalue weighted by Gasteiger charge is 2.01. The molecule has 0 unspecified atom stereocenters. The van der Waals surface area contributed by atoms with E-state index in [9.17, 15) is 0 Å². The number of rotatable bonds is 4. The molecule has 0 aromatic carbocycles. The first-order valence-electron chi connectivity index (χ1n) is 4.29. The van der Waals surface area contributed by atoms with Crippen molar-refractivity contribution in [3.05, 3.63) is 16.9 Å². The van der Waals surface area contributed by atoms with Gasteiger partial charge in [0.1, 0.15) is 5.84 Å². The van der Waals surface area contributed by atoms with Crippen molar-refractivity contribution in [1.82, 2.24) is 9.78 Å². The smallest absolute Gasteiger partial charge is 0.139 e. The largest absolute Gasteiger partial charge is 0.409 e. The fourth-order valence-electron chi connectivity index (χ4n) is 1.08. The van der Waals surface area contributed by atoms with Gasteiger partial charge in [-0.2, -0.15) is 5.10 Å². The van der Waals surface area contributed by atoms with Crippen LogP contribution < -0.4 is 5.73 Å². The lowest BCUT2D eigenvalue weighted by molar-refractivity contribution is 0.316. The second kappa shape index (κ2) is 4.85. The average molecular weight is 217 g/mol. The van der Waals surface area contributed by atoms with Gasteiger partial charge in [0, 0.05) is 19.2 Å². The number of hydrogen-bond acceptors (Lipinski definition) is 3. The molecule has 0 fully saturated rings. The Bertz CT molecular complexity index is 315. The van der Waals surface area contributed by atoms with E-state index in [4.69, 9.17) is 22.5 Å². The van der Waals surface area contributed by atoms with Crippen molar-refractivity contribution >= 4 is 17.4 Å². The zero-order chi connectivity index (χ0) is 10.6. The van der Waals surface area contributed by atoms with E-state index in [0.717, 1.165) is 12.1 Å². The fourth-order valence-corrected chi connectivity index (χ4v) is 1.23. The van der Waals surface area contributed by atoms with E-state index in [1.807, 2.05) is 6.92 Å². The van der Waals surface area contributed by atoms with Crippen molar-refractivity contribution < 1.29 is 5.21 Å². The predicted octanol–water partition coefficient (Wildman–Crippen LogP) is 1.37. The minimum Gasteiger partial charge on any atom is -0.409 e. The maximum atomic E-state index is 8.30. The monoisotopic (exact) mass is 216 g/mol. The number of halogens is 1. The normalized spacial score (nSPS) is 12.0. The minimum absolute atomic E-state index is 0.236. The Hall–Kier alpha value is -1.23. The molecule has 3 N–H and O–H groups in total. The summed E-state index contributed by atoms with van der Waals surface area (Å²) in [6, 6.07) is 0. The lowest BCUT2D eigenvalue weighted by Gasteiger charge is -1.99. The van der Waals surface area contributed by atoms with Gasteiger partial charge in [-0.15, -0.1) is 0 Å². The first kappa shape index (κ1) is 10.8. The van der Waals surface area contributed by atoms with E-state index in [0.29, 0.717) is 18.0 Å². The molecular formula is C8H13ClN4O. The molecule has 0 aliphatic rings. The number of aromatic nitrogens is 2. The summed E-state index contributed by atoms with van der Waals surface area (Å²) in [5, 5.41) is 16.0. The Morgan fingerprint density at radius 2 is 2.50 bits per heavy atom. The molecule has 0 atom stereocenters. The first-order valence-corrected chi connectivity index (χ1v) is 4.67. The van der Waals surface area contributed by atoms with Gasteiger partial charge in [0.25, 0.3) is 0 Å². The SMILES string of the molecule is Cc1nn(CCCC(N)=NO)cc1Cl. The van der Waals surface area contributed by atoms with Crippen LogP contribution in [-0.4, -0.2) is 20.8 Å². The van der Waals surface area contributed by atoms with Crippen LogP contribution >= 0.6 is 11.6 Å². The van der Waals surface area contributed by atoms with Gasteiger partial charge in [-0.1, -0.05) is 16.8 Å². The minimum atomic E-state index is 0.236. The van der Waals surface area contributed by atoms with Gasteiger partial charge in [-0.05, 0) is 13.3 Å². The predicted molar refractivity (Wildman–Crippen MR) is 54.6 cm³/mol. The Morgan fingerprint density at radius 1 is 1.79 bits per heavy atom. The Morgan fingerprint density at radius 3 is 3.00 bits per heavy atom. The zero-order valence-electron chi connectivity index (χ0n) is 7.94. The highest BCUT2D eigenvalue weighted by atomic mass is 35.5. The third kappa shape index (κ3) is 2.92. The van der Waals surface area contributed by atoms with Crippen molar-refractivity contribution in [2.24, 2.45) is 10.9 Å². The molecular weight excluding hydrogens is 204 g/mol. The molecule has 1 aromatic rings. The van der Waals surface area contributed by atoms with Gasteiger partial charge < -0.3 is 10.9 Å². The van der Waals surface area contributed by atoms with Gasteiger partial charge in [-0.3, -0.25) is 4.68 Å². The van der Waals surface area contributed by atoms with Crippen molar-refractivity contribution in [2.45, 2.75) is 26.3 Å². The van der Waals surface area contributed by atoms with Crippen LogP contribution in [0, 0.1) is 6.92 Å². The number of amidine groups is 1. The molecule has 6 heteroatoms. The number of hydrogen-bond donors (Lipinski definition) is 2. The van der Waals surface area contributed by atoms with Crippen LogP contribution in [0.3, 0.4) is 0 Å². The maximum absolute atomic E-state index is 8.30. The third-order valence-corrected chi connectivity index (χ3v) is 2.21. The topological polar surface area (TPSA) is 76.4 Å². The van der Waals surface area contributed by atoms with Crippen LogP contribution in [0.1, 0.15) is 18.5 Å². The van der Waals surface area contributed by atoms with Gasteiger partial charge >= 0.3 is 0 Å². The van der Waals surface area contributed by atoms with Crippen LogP contribution in [0.2, 0.25) is 5.02 Å². The summed E-state index contributed by atoms with van der Waals surface area (Å²) in [6.07, 6.45) is 3.09. The summed E-state index contributed by atoms with van der Waals surface area (Å²) in [7, 11) is 0. The molecule has 0 aliphatic heterocycles. The van der Waals surface area contributed by atoms with Gasteiger partial charge in [0.15, 0.2) is 0 Å². The van der Waals surface area contributed by atoms with Gasteiger partial charge in [-0.25, -0.2) is 0 Å². The van der Waals surface area contributed by atoms with E-state index in [1.54, 1.807) is 10.9 Å². The van der Waals surface area contributed by atoms with E-state index < -0.39 is 0 Å². The maximum Gasteiger partial charge on any atom is 0.139 e. The van der Waals surface area contributed by atoms with E-state index in [2.05, 4.69) is 10.3 Å². The molecule has 0 aliphatic carbocycles. The van der Waals surface area contributed by atoms with Gasteiger partial charge in [0.2, 0.25) is 0 Å². The molecule has 0 saturated carbocycles. The molecule has 0 radical (unpaired) electrons. The van der Waals surface area contributed by atoms with Crippen LogP contribution in [0.4, 0.5) is 0 Å². The van der Waals surface area contributed by atoms with Gasteiger partial charge in [0.05, 0.1) is 10.7 Å². The first-order chi connectivity index (χ1) is 6.63. The average Bonchev–Trinajstić information content (AvgIpc) is 2.46. The van der Waals surface area contributed by atoms with Crippen LogP contribution in [0.25, 0.3) is 0 Å². The lowest BCUT2D eigenvalue weighted by atomic mass is 10.3. The van der Waals surface area contributed by atoms with E-state index in [1.165, 1.54) is 0 Å². The number of oxime groups is 1. The second-order valence-electron chi connectivity index (χ2n) is 3.02. The van der Waals surface area contributed by atoms with Crippen molar-refractivity contribution in [3.63, 3.8) is 0 Å². The number of nitrogens with two attached hydrogens (primary N) is 1. The van der Waals surface area contributed by atoms with E-state index in [-0.39, 0.29) is 5.84 Å². The summed E-state index contributed by atoms with van der Waals surface area (Å²) in [6.45, 7) is 2.56. The van der Waals surface area contributed by atoms with Crippen LogP contribution in [-0.2, 0) is 6.54 Å². The summed E-state index contributed by atoms with van der Waals surface area (Å²) in [5.41, 5.74) is 6.13. The van der Waals surface area contributed by atoms with Crippen LogP contribution in [0.5, 0.6) is 0 Å². The second-order valence-corrected chi connectivity index (χ2v) is 3.43. The standard InChI is InChI=1S/C8H13ClN4O/c1-6-7(9)5-13(11-6)4-2-3-8(10)12-14/h5,14H,2-4H2,1H3,(H2,10,12). The molecule has 0 spiro atoms. The summed E-state index contributed by atoms with van der Waals surface area (Å²) in [4.78, 5) is 0. The molecule has 1 aromatic heterocycles. The lowest BCUT2D eigenvalue weighted by Crippen LogP contribution is -2.12. The zero-order valence-corrected chi connectivity index (χ0v) is 8.70. The number of nitrogens with zero attached hydrogens (tertiary/aromatic N) is 3. The molecule has 14 heavy (non-hydrogen) atoms. The third-order valence-electron chi connectivity index (χ3n) is 1.84. The Balaban J connectivity index is 2.39. The highest BCUT2D eigenvalue weighted by molar-refractivity contribution is 6.31. The summed E-state index contributed by atoms with van der Waals surface area (Å²) < 4.78 is 1.75. The van der Waals surface area contributed by atoms with Crippen molar-refractivity contribution in [3.8, 4) is 0 Å². The van der Waals surface area contributed by atoms with E-state index >= 15 is 0 Å². The molecule has 0 amide bonds. The molecule has 1 rings (SSSR count). The molecule has 5 nitrogen and oxygen atoms in total. The van der Waals surface area contributed by atoms with Crippen molar-refractivity contribution in [1.29, 1.82) is 0 Å². The number of aryl methyl sites for hydroxylation is 2. The Kier molecular flexibility index (Phi) is 3.76.